The molecule has 0 aliphatic rings. The van der Waals surface area contributed by atoms with Gasteiger partial charge in [0.15, 0.2) is 6.04 Å². The van der Waals surface area contributed by atoms with Crippen molar-refractivity contribution in [3.05, 3.63) is 116 Å². The van der Waals surface area contributed by atoms with Gasteiger partial charge in [-0.3, -0.25) is 24.5 Å². The van der Waals surface area contributed by atoms with Crippen LogP contribution in [-0.4, -0.2) is 33.1 Å². The minimum absolute atomic E-state index is 0.0779. The van der Waals surface area contributed by atoms with Gasteiger partial charge in [0.05, 0.1) is 16.5 Å². The van der Waals surface area contributed by atoms with E-state index in [2.05, 4.69) is 26.0 Å². The van der Waals surface area contributed by atoms with Gasteiger partial charge in [-0.2, -0.15) is 10.2 Å². The number of hydrogen-bond acceptors (Lipinski definition) is 7. The Labute approximate surface area is 197 Å². The molecule has 174 valence electrons. The summed E-state index contributed by atoms with van der Waals surface area (Å²) in [6, 6.07) is 19.2. The summed E-state index contributed by atoms with van der Waals surface area (Å²) in [5, 5.41) is 24.4. The molecule has 0 spiro atoms. The van der Waals surface area contributed by atoms with E-state index in [9.17, 15) is 24.5 Å². The topological polar surface area (TPSA) is 159 Å². The number of aromatic nitrogens is 2. The van der Waals surface area contributed by atoms with E-state index in [-0.39, 0.29) is 11.4 Å². The van der Waals surface area contributed by atoms with Crippen LogP contribution in [0.3, 0.4) is 0 Å². The van der Waals surface area contributed by atoms with Crippen molar-refractivity contribution < 1.29 is 14.5 Å². The molecule has 1 aromatic heterocycles. The van der Waals surface area contributed by atoms with Gasteiger partial charge in [-0.05, 0) is 35.9 Å². The Morgan fingerprint density at radius 3 is 2.31 bits per heavy atom. The molecule has 0 bridgehead atoms. The minimum atomic E-state index is -1.29. The fourth-order valence-electron chi connectivity index (χ4n) is 3.34. The Balaban J connectivity index is 1.63. The van der Waals surface area contributed by atoms with E-state index in [1.165, 1.54) is 30.5 Å². The Bertz CT molecular complexity index is 1480. The molecule has 0 saturated carbocycles. The lowest BCUT2D eigenvalue weighted by Crippen LogP contribution is -2.40. The number of H-pyrrole nitrogens is 1. The normalized spacial score (nSPS) is 11.8. The Hall–Kier alpha value is -5.19. The number of nitrogens with one attached hydrogen (secondary N) is 3. The number of amides is 2. The highest BCUT2D eigenvalue weighted by atomic mass is 16.6. The number of non-ortho nitro benzene ring substituents is 1. The summed E-state index contributed by atoms with van der Waals surface area (Å²) in [6.45, 7) is 0. The first-order chi connectivity index (χ1) is 16.9. The third kappa shape index (κ3) is 5.25. The zero-order valence-electron chi connectivity index (χ0n) is 18.0. The molecular weight excluding hydrogens is 452 g/mol. The fraction of sp³-hybridized carbons (Fsp3) is 0.0417. The number of nitro benzene ring substituents is 1. The number of nitrogens with zero attached hydrogens (tertiary/aromatic N) is 3. The van der Waals surface area contributed by atoms with Crippen molar-refractivity contribution in [3.8, 4) is 0 Å². The molecule has 0 fully saturated rings. The van der Waals surface area contributed by atoms with Crippen molar-refractivity contribution in [1.29, 1.82) is 0 Å². The largest absolute Gasteiger partial charge is 0.335 e. The molecule has 2 amide bonds. The SMILES string of the molecule is O=C(N[C@@H](C(=O)NN=Cc1ccc([N+](=O)[O-])cc1)c1n[nH]c(=O)c2ccccc12)c1ccccc1. The Morgan fingerprint density at radius 2 is 1.63 bits per heavy atom. The van der Waals surface area contributed by atoms with Crippen molar-refractivity contribution in [1.82, 2.24) is 20.9 Å². The fourth-order valence-corrected chi connectivity index (χ4v) is 3.34. The average Bonchev–Trinajstić information content (AvgIpc) is 2.88. The molecule has 4 rings (SSSR count). The van der Waals surface area contributed by atoms with Crippen LogP contribution in [0.2, 0.25) is 0 Å². The van der Waals surface area contributed by atoms with Crippen LogP contribution in [0.1, 0.15) is 27.7 Å². The maximum Gasteiger partial charge on any atom is 0.272 e. The van der Waals surface area contributed by atoms with Crippen LogP contribution in [0.15, 0.2) is 88.8 Å². The molecule has 1 heterocycles. The first kappa shape index (κ1) is 23.0. The third-order valence-electron chi connectivity index (χ3n) is 5.06. The molecular formula is C24H18N6O5. The van der Waals surface area contributed by atoms with E-state index in [1.54, 1.807) is 54.6 Å². The molecule has 0 saturated heterocycles. The number of benzene rings is 3. The zero-order valence-corrected chi connectivity index (χ0v) is 18.0. The van der Waals surface area contributed by atoms with Crippen LogP contribution < -0.4 is 16.3 Å². The summed E-state index contributed by atoms with van der Waals surface area (Å²) < 4.78 is 0. The van der Waals surface area contributed by atoms with E-state index in [0.29, 0.717) is 21.9 Å². The monoisotopic (exact) mass is 470 g/mol. The van der Waals surface area contributed by atoms with Crippen LogP contribution in [0.25, 0.3) is 10.8 Å². The number of hydrazone groups is 1. The molecule has 11 nitrogen and oxygen atoms in total. The smallest absolute Gasteiger partial charge is 0.272 e. The second-order valence-electron chi connectivity index (χ2n) is 7.34. The number of carbonyl (C=O) groups is 2. The predicted octanol–water partition coefficient (Wildman–Crippen LogP) is 2.45. The summed E-state index contributed by atoms with van der Waals surface area (Å²) in [7, 11) is 0. The molecule has 3 aromatic carbocycles. The number of carbonyl (C=O) groups excluding carboxylic acids is 2. The van der Waals surface area contributed by atoms with Crippen LogP contribution in [-0.2, 0) is 4.79 Å². The first-order valence-electron chi connectivity index (χ1n) is 10.3. The minimum Gasteiger partial charge on any atom is -0.335 e. The summed E-state index contributed by atoms with van der Waals surface area (Å²) >= 11 is 0. The van der Waals surface area contributed by atoms with Gasteiger partial charge in [-0.25, -0.2) is 10.5 Å². The molecule has 0 aliphatic heterocycles. The molecule has 0 aliphatic carbocycles. The quantitative estimate of drug-likeness (QED) is 0.214. The highest BCUT2D eigenvalue weighted by Crippen LogP contribution is 2.20. The molecule has 1 atom stereocenters. The van der Waals surface area contributed by atoms with Crippen LogP contribution in [0.4, 0.5) is 5.69 Å². The van der Waals surface area contributed by atoms with Gasteiger partial charge in [0.1, 0.15) is 5.69 Å². The predicted molar refractivity (Wildman–Crippen MR) is 128 cm³/mol. The molecule has 4 aromatic rings. The number of aromatic amines is 1. The zero-order chi connectivity index (χ0) is 24.8. The van der Waals surface area contributed by atoms with Gasteiger partial charge >= 0.3 is 0 Å². The van der Waals surface area contributed by atoms with Crippen molar-refractivity contribution in [2.75, 3.05) is 0 Å². The number of rotatable bonds is 7. The maximum atomic E-state index is 13.1. The van der Waals surface area contributed by atoms with Gasteiger partial charge in [-0.1, -0.05) is 36.4 Å². The average molecular weight is 470 g/mol. The van der Waals surface area contributed by atoms with Crippen LogP contribution in [0.5, 0.6) is 0 Å². The summed E-state index contributed by atoms with van der Waals surface area (Å²) in [4.78, 5) is 48.4. The second kappa shape index (κ2) is 10.2. The lowest BCUT2D eigenvalue weighted by Gasteiger charge is -2.18. The molecule has 0 radical (unpaired) electrons. The van der Waals surface area contributed by atoms with Crippen molar-refractivity contribution in [2.45, 2.75) is 6.04 Å². The highest BCUT2D eigenvalue weighted by molar-refractivity contribution is 5.99. The van der Waals surface area contributed by atoms with Gasteiger partial charge < -0.3 is 5.32 Å². The van der Waals surface area contributed by atoms with Gasteiger partial charge in [0, 0.05) is 23.1 Å². The third-order valence-corrected chi connectivity index (χ3v) is 5.06. The van der Waals surface area contributed by atoms with Gasteiger partial charge in [-0.15, -0.1) is 0 Å². The molecule has 11 heteroatoms. The Kier molecular flexibility index (Phi) is 6.68. The molecule has 3 N–H and O–H groups in total. The van der Waals surface area contributed by atoms with Crippen LogP contribution in [0, 0.1) is 10.1 Å². The maximum absolute atomic E-state index is 13.1. The second-order valence-corrected chi connectivity index (χ2v) is 7.34. The number of fused-ring (bicyclic) bond motifs is 1. The van der Waals surface area contributed by atoms with Gasteiger partial charge in [0.25, 0.3) is 23.1 Å². The Morgan fingerprint density at radius 1 is 0.971 bits per heavy atom. The first-order valence-corrected chi connectivity index (χ1v) is 10.3. The highest BCUT2D eigenvalue weighted by Gasteiger charge is 2.27. The van der Waals surface area contributed by atoms with Crippen molar-refractivity contribution in [3.63, 3.8) is 0 Å². The molecule has 0 unspecified atom stereocenters. The van der Waals surface area contributed by atoms with Crippen molar-refractivity contribution >= 4 is 34.5 Å². The van der Waals surface area contributed by atoms with E-state index in [1.807, 2.05) is 0 Å². The number of nitro groups is 1. The summed E-state index contributed by atoms with van der Waals surface area (Å²) in [5.74, 6) is -1.24. The lowest BCUT2D eigenvalue weighted by molar-refractivity contribution is -0.384. The van der Waals surface area contributed by atoms with E-state index < -0.39 is 28.3 Å². The van der Waals surface area contributed by atoms with Gasteiger partial charge in [0.2, 0.25) is 0 Å². The van der Waals surface area contributed by atoms with Crippen LogP contribution >= 0.6 is 0 Å². The van der Waals surface area contributed by atoms with E-state index in [0.717, 1.165) is 0 Å². The molecule has 35 heavy (non-hydrogen) atoms. The standard InChI is InChI=1S/C24H18N6O5/c31-22(16-6-2-1-3-7-16)26-21(20-18-8-4-5-9-19(18)23(32)29-27-20)24(33)28-25-14-15-10-12-17(13-11-15)30(34)35/h1-14,21H,(H,26,31)(H,28,33)(H,29,32)/t21-/m1/s1. The summed E-state index contributed by atoms with van der Waals surface area (Å²) in [6.07, 6.45) is 1.30. The van der Waals surface area contributed by atoms with E-state index >= 15 is 0 Å². The lowest BCUT2D eigenvalue weighted by atomic mass is 10.0. The van der Waals surface area contributed by atoms with Crippen molar-refractivity contribution in [2.24, 2.45) is 5.10 Å². The van der Waals surface area contributed by atoms with E-state index in [4.69, 9.17) is 0 Å². The number of hydrogen-bond donors (Lipinski definition) is 3. The summed E-state index contributed by atoms with van der Waals surface area (Å²) in [5.41, 5.74) is 2.81.